The van der Waals surface area contributed by atoms with E-state index in [9.17, 15) is 0 Å². The molecule has 0 bridgehead atoms. The van der Waals surface area contributed by atoms with Crippen molar-refractivity contribution in [3.63, 3.8) is 0 Å². The summed E-state index contributed by atoms with van der Waals surface area (Å²) >= 11 is 0. The minimum absolute atomic E-state index is 0.197. The molecule has 1 atom stereocenters. The van der Waals surface area contributed by atoms with Crippen LogP contribution in [0.1, 0.15) is 20.8 Å². The predicted octanol–water partition coefficient (Wildman–Crippen LogP) is 1.92. The highest BCUT2D eigenvalue weighted by atomic mass is 16.6. The van der Waals surface area contributed by atoms with Crippen LogP contribution in [-0.4, -0.2) is 12.7 Å². The van der Waals surface area contributed by atoms with Gasteiger partial charge in [-0.2, -0.15) is 0 Å². The van der Waals surface area contributed by atoms with Crippen LogP contribution in [0.25, 0.3) is 0 Å². The van der Waals surface area contributed by atoms with Crippen molar-refractivity contribution in [3.8, 4) is 0 Å². The standard InChI is InChI=1S/C10H17NO2/c1-5-9(4)10(7-13-11)12-6-8(2)3/h6,10H,1,7,11H2,2-4H3. The molecule has 1 unspecified atom stereocenters. The second-order valence-electron chi connectivity index (χ2n) is 3.01. The van der Waals surface area contributed by atoms with E-state index in [0.717, 1.165) is 11.1 Å². The fourth-order valence-corrected chi connectivity index (χ4v) is 0.686. The second-order valence-corrected chi connectivity index (χ2v) is 3.01. The van der Waals surface area contributed by atoms with Gasteiger partial charge in [0.2, 0.25) is 0 Å². The number of hydrogen-bond acceptors (Lipinski definition) is 3. The molecule has 0 saturated heterocycles. The summed E-state index contributed by atoms with van der Waals surface area (Å²) in [5.41, 5.74) is 4.71. The van der Waals surface area contributed by atoms with Crippen molar-refractivity contribution in [2.75, 3.05) is 6.61 Å². The first-order chi connectivity index (χ1) is 6.11. The zero-order chi connectivity index (χ0) is 10.3. The van der Waals surface area contributed by atoms with Crippen LogP contribution in [0.3, 0.4) is 0 Å². The lowest BCUT2D eigenvalue weighted by molar-refractivity contribution is 0.0446. The van der Waals surface area contributed by atoms with Crippen LogP contribution >= 0.6 is 0 Å². The molecule has 2 N–H and O–H groups in total. The number of ether oxygens (including phenoxy) is 1. The largest absolute Gasteiger partial charge is 0.491 e. The lowest BCUT2D eigenvalue weighted by atomic mass is 10.2. The SMILES string of the molecule is C=C=C(C)C(CON)OC=C(C)C. The molecule has 0 aliphatic carbocycles. The van der Waals surface area contributed by atoms with Gasteiger partial charge in [0.25, 0.3) is 0 Å². The Morgan fingerprint density at radius 2 is 2.15 bits per heavy atom. The van der Waals surface area contributed by atoms with Crippen LogP contribution in [0.2, 0.25) is 0 Å². The van der Waals surface area contributed by atoms with Crippen molar-refractivity contribution in [3.05, 3.63) is 29.7 Å². The molecule has 0 aromatic rings. The minimum Gasteiger partial charge on any atom is -0.491 e. The van der Waals surface area contributed by atoms with E-state index in [-0.39, 0.29) is 6.10 Å². The van der Waals surface area contributed by atoms with Crippen molar-refractivity contribution in [1.29, 1.82) is 0 Å². The lowest BCUT2D eigenvalue weighted by Gasteiger charge is -2.14. The summed E-state index contributed by atoms with van der Waals surface area (Å²) in [6.07, 6.45) is 1.47. The van der Waals surface area contributed by atoms with Gasteiger partial charge in [0.05, 0.1) is 6.26 Å². The predicted molar refractivity (Wildman–Crippen MR) is 52.8 cm³/mol. The first-order valence-electron chi connectivity index (χ1n) is 4.08. The van der Waals surface area contributed by atoms with E-state index >= 15 is 0 Å². The molecule has 0 saturated carbocycles. The van der Waals surface area contributed by atoms with Crippen LogP contribution in [0.15, 0.2) is 29.7 Å². The van der Waals surface area contributed by atoms with Crippen molar-refractivity contribution >= 4 is 0 Å². The van der Waals surface area contributed by atoms with Crippen LogP contribution in [0.5, 0.6) is 0 Å². The molecule has 0 radical (unpaired) electrons. The summed E-state index contributed by atoms with van der Waals surface area (Å²) in [5.74, 6) is 4.97. The number of rotatable bonds is 5. The first-order valence-corrected chi connectivity index (χ1v) is 4.08. The molecule has 0 aliphatic heterocycles. The zero-order valence-electron chi connectivity index (χ0n) is 8.46. The zero-order valence-corrected chi connectivity index (χ0v) is 8.46. The Labute approximate surface area is 79.5 Å². The van der Waals surface area contributed by atoms with Crippen LogP contribution in [-0.2, 0) is 9.57 Å². The Balaban J connectivity index is 4.26. The first kappa shape index (κ1) is 12.0. The Bertz CT molecular complexity index is 223. The number of allylic oxidation sites excluding steroid dienone is 1. The quantitative estimate of drug-likeness (QED) is 0.402. The maximum atomic E-state index is 5.39. The molecule has 13 heavy (non-hydrogen) atoms. The molecule has 74 valence electrons. The molecule has 0 aliphatic rings. The van der Waals surface area contributed by atoms with Gasteiger partial charge in [-0.15, -0.1) is 5.73 Å². The molecule has 0 fully saturated rings. The van der Waals surface area contributed by atoms with E-state index in [1.165, 1.54) is 0 Å². The molecule has 0 aromatic carbocycles. The fraction of sp³-hybridized carbons (Fsp3) is 0.500. The van der Waals surface area contributed by atoms with Gasteiger partial charge in [-0.3, -0.25) is 0 Å². The summed E-state index contributed by atoms with van der Waals surface area (Å²) in [5, 5.41) is 0. The van der Waals surface area contributed by atoms with E-state index in [2.05, 4.69) is 17.1 Å². The van der Waals surface area contributed by atoms with Crippen molar-refractivity contribution in [2.24, 2.45) is 5.90 Å². The van der Waals surface area contributed by atoms with Gasteiger partial charge in [-0.1, -0.05) is 6.58 Å². The Morgan fingerprint density at radius 1 is 1.54 bits per heavy atom. The Kier molecular flexibility index (Phi) is 5.98. The van der Waals surface area contributed by atoms with Gasteiger partial charge >= 0.3 is 0 Å². The van der Waals surface area contributed by atoms with Gasteiger partial charge < -0.3 is 9.57 Å². The van der Waals surface area contributed by atoms with Crippen LogP contribution in [0, 0.1) is 0 Å². The van der Waals surface area contributed by atoms with Crippen molar-refractivity contribution in [1.82, 2.24) is 0 Å². The van der Waals surface area contributed by atoms with Gasteiger partial charge in [0.1, 0.15) is 6.61 Å². The number of nitrogens with two attached hydrogens (primary N) is 1. The molecule has 0 amide bonds. The molecule has 3 heteroatoms. The summed E-state index contributed by atoms with van der Waals surface area (Å²) in [7, 11) is 0. The van der Waals surface area contributed by atoms with Gasteiger partial charge in [-0.25, -0.2) is 5.90 Å². The van der Waals surface area contributed by atoms with Crippen molar-refractivity contribution < 1.29 is 9.57 Å². The summed E-state index contributed by atoms with van der Waals surface area (Å²) in [6, 6.07) is 0. The third-order valence-corrected chi connectivity index (χ3v) is 1.48. The van der Waals surface area contributed by atoms with Gasteiger partial charge in [0, 0.05) is 5.57 Å². The highest BCUT2D eigenvalue weighted by Gasteiger charge is 2.09. The van der Waals surface area contributed by atoms with E-state index in [0.29, 0.717) is 6.61 Å². The molecular weight excluding hydrogens is 166 g/mol. The minimum atomic E-state index is -0.197. The van der Waals surface area contributed by atoms with E-state index in [1.54, 1.807) is 6.26 Å². The summed E-state index contributed by atoms with van der Waals surface area (Å²) in [6.45, 7) is 9.61. The Hall–Kier alpha value is -1.02. The second kappa shape index (κ2) is 6.49. The molecule has 0 aromatic heterocycles. The van der Waals surface area contributed by atoms with Crippen LogP contribution < -0.4 is 5.90 Å². The highest BCUT2D eigenvalue weighted by Crippen LogP contribution is 2.06. The Morgan fingerprint density at radius 3 is 2.54 bits per heavy atom. The average molecular weight is 183 g/mol. The molecule has 0 spiro atoms. The monoisotopic (exact) mass is 183 g/mol. The fourth-order valence-electron chi connectivity index (χ4n) is 0.686. The maximum Gasteiger partial charge on any atom is 0.151 e. The molecule has 0 rings (SSSR count). The summed E-state index contributed by atoms with van der Waals surface area (Å²) < 4.78 is 5.39. The highest BCUT2D eigenvalue weighted by molar-refractivity contribution is 5.03. The van der Waals surface area contributed by atoms with E-state index in [4.69, 9.17) is 10.6 Å². The average Bonchev–Trinajstić information content (AvgIpc) is 2.10. The smallest absolute Gasteiger partial charge is 0.151 e. The molecule has 3 nitrogen and oxygen atoms in total. The normalized spacial score (nSPS) is 11.4. The van der Waals surface area contributed by atoms with Crippen LogP contribution in [0.4, 0.5) is 0 Å². The van der Waals surface area contributed by atoms with Gasteiger partial charge in [0.15, 0.2) is 6.10 Å². The van der Waals surface area contributed by atoms with Crippen molar-refractivity contribution in [2.45, 2.75) is 26.9 Å². The summed E-state index contributed by atoms with van der Waals surface area (Å²) in [4.78, 5) is 4.52. The topological polar surface area (TPSA) is 44.5 Å². The lowest BCUT2D eigenvalue weighted by Crippen LogP contribution is -2.21. The third-order valence-electron chi connectivity index (χ3n) is 1.48. The van der Waals surface area contributed by atoms with E-state index in [1.807, 2.05) is 20.8 Å². The maximum absolute atomic E-state index is 5.39. The third kappa shape index (κ3) is 5.26. The molecular formula is C10H17NO2. The van der Waals surface area contributed by atoms with E-state index < -0.39 is 0 Å². The van der Waals surface area contributed by atoms with Gasteiger partial charge in [-0.05, 0) is 26.3 Å². The number of hydrogen-bond donors (Lipinski definition) is 1. The molecule has 0 heterocycles.